The molecule has 8 nitrogen and oxygen atoms in total. The number of alkyl halides is 1. The van der Waals surface area contributed by atoms with E-state index in [-0.39, 0.29) is 28.7 Å². The molecule has 2 aromatic carbocycles. The second-order valence-electron chi connectivity index (χ2n) is 5.01. The molecule has 1 aromatic heterocycles. The SMILES string of the molecule is O=c1c(O)c(-c2ccc(O)c(O)c2)oc2c(OCCl)c(O)cc(O)c12. The lowest BCUT2D eigenvalue weighted by Crippen LogP contribution is -2.04. The molecule has 0 bridgehead atoms. The molecule has 0 saturated carbocycles. The molecule has 0 aliphatic carbocycles. The molecule has 1 heterocycles. The molecule has 0 amide bonds. The highest BCUT2D eigenvalue weighted by molar-refractivity contribution is 6.17. The van der Waals surface area contributed by atoms with E-state index in [4.69, 9.17) is 20.8 Å². The Morgan fingerprint density at radius 1 is 0.960 bits per heavy atom. The van der Waals surface area contributed by atoms with Crippen molar-refractivity contribution in [1.82, 2.24) is 0 Å². The van der Waals surface area contributed by atoms with Crippen molar-refractivity contribution in [2.45, 2.75) is 0 Å². The summed E-state index contributed by atoms with van der Waals surface area (Å²) < 4.78 is 10.5. The molecule has 0 radical (unpaired) electrons. The normalized spacial score (nSPS) is 10.9. The Morgan fingerprint density at radius 2 is 1.68 bits per heavy atom. The molecular formula is C16H11ClO8. The van der Waals surface area contributed by atoms with E-state index >= 15 is 0 Å². The molecule has 0 spiro atoms. The van der Waals surface area contributed by atoms with Gasteiger partial charge in [0.05, 0.1) is 0 Å². The fourth-order valence-electron chi connectivity index (χ4n) is 2.36. The standard InChI is InChI=1S/C16H11ClO8/c17-5-24-15-10(21)4-9(20)11-12(22)13(23)14(25-16(11)15)6-1-2-7(18)8(19)3-6/h1-4,18-21,23H,5H2. The van der Waals surface area contributed by atoms with Gasteiger partial charge in [0, 0.05) is 11.6 Å². The average molecular weight is 367 g/mol. The molecule has 3 aromatic rings. The van der Waals surface area contributed by atoms with E-state index in [1.54, 1.807) is 0 Å². The van der Waals surface area contributed by atoms with Crippen molar-refractivity contribution < 1.29 is 34.7 Å². The van der Waals surface area contributed by atoms with Gasteiger partial charge in [-0.2, -0.15) is 0 Å². The first kappa shape index (κ1) is 16.6. The number of rotatable bonds is 3. The largest absolute Gasteiger partial charge is 0.507 e. The topological polar surface area (TPSA) is 141 Å². The lowest BCUT2D eigenvalue weighted by atomic mass is 10.1. The van der Waals surface area contributed by atoms with Crippen LogP contribution >= 0.6 is 11.6 Å². The summed E-state index contributed by atoms with van der Waals surface area (Å²) >= 11 is 5.49. The van der Waals surface area contributed by atoms with Crippen LogP contribution in [0.1, 0.15) is 0 Å². The van der Waals surface area contributed by atoms with Crippen molar-refractivity contribution in [2.24, 2.45) is 0 Å². The number of hydrogen-bond donors (Lipinski definition) is 5. The summed E-state index contributed by atoms with van der Waals surface area (Å²) in [6.07, 6.45) is 0. The van der Waals surface area contributed by atoms with Crippen molar-refractivity contribution in [2.75, 3.05) is 6.07 Å². The van der Waals surface area contributed by atoms with Gasteiger partial charge in [-0.1, -0.05) is 11.6 Å². The van der Waals surface area contributed by atoms with Crippen LogP contribution in [0.15, 0.2) is 33.5 Å². The summed E-state index contributed by atoms with van der Waals surface area (Å²) in [4.78, 5) is 12.4. The quantitative estimate of drug-likeness (QED) is 0.352. The van der Waals surface area contributed by atoms with Crippen molar-refractivity contribution in [3.05, 3.63) is 34.5 Å². The lowest BCUT2D eigenvalue weighted by molar-refractivity contribution is 0.349. The Bertz CT molecular complexity index is 1040. The fourth-order valence-corrected chi connectivity index (χ4v) is 2.47. The number of aromatic hydroxyl groups is 5. The molecule has 0 saturated heterocycles. The summed E-state index contributed by atoms with van der Waals surface area (Å²) in [5, 5.41) is 48.5. The number of phenols is 4. The molecule has 130 valence electrons. The van der Waals surface area contributed by atoms with Crippen LogP contribution < -0.4 is 10.2 Å². The van der Waals surface area contributed by atoms with Gasteiger partial charge in [-0.3, -0.25) is 4.79 Å². The van der Waals surface area contributed by atoms with E-state index in [1.165, 1.54) is 6.07 Å². The third kappa shape index (κ3) is 2.62. The predicted molar refractivity (Wildman–Crippen MR) is 87.6 cm³/mol. The highest BCUT2D eigenvalue weighted by Crippen LogP contribution is 2.43. The van der Waals surface area contributed by atoms with Gasteiger partial charge in [-0.15, -0.1) is 0 Å². The van der Waals surface area contributed by atoms with E-state index in [0.29, 0.717) is 0 Å². The molecule has 0 aliphatic heterocycles. The van der Waals surface area contributed by atoms with Gasteiger partial charge in [-0.25, -0.2) is 0 Å². The Balaban J connectivity index is 2.42. The molecule has 0 fully saturated rings. The number of halogens is 1. The highest BCUT2D eigenvalue weighted by Gasteiger charge is 2.23. The zero-order chi connectivity index (χ0) is 18.3. The monoisotopic (exact) mass is 366 g/mol. The first-order valence-corrected chi connectivity index (χ1v) is 7.34. The van der Waals surface area contributed by atoms with Gasteiger partial charge in [0.1, 0.15) is 11.1 Å². The molecule has 0 unspecified atom stereocenters. The van der Waals surface area contributed by atoms with Crippen molar-refractivity contribution >= 4 is 22.6 Å². The number of phenolic OH excluding ortho intramolecular Hbond substituents is 4. The van der Waals surface area contributed by atoms with Gasteiger partial charge in [-0.05, 0) is 18.2 Å². The molecule has 5 N–H and O–H groups in total. The van der Waals surface area contributed by atoms with Gasteiger partial charge >= 0.3 is 0 Å². The summed E-state index contributed by atoms with van der Waals surface area (Å²) in [5.41, 5.74) is -1.27. The second-order valence-corrected chi connectivity index (χ2v) is 5.23. The third-order valence-corrected chi connectivity index (χ3v) is 3.60. The second kappa shape index (κ2) is 5.99. The van der Waals surface area contributed by atoms with E-state index < -0.39 is 39.6 Å². The number of ether oxygens (including phenoxy) is 1. The van der Waals surface area contributed by atoms with Gasteiger partial charge in [0.15, 0.2) is 34.7 Å². The predicted octanol–water partition coefficient (Wildman–Crippen LogP) is 2.56. The van der Waals surface area contributed by atoms with Crippen LogP contribution in [0.3, 0.4) is 0 Å². The van der Waals surface area contributed by atoms with Crippen molar-refractivity contribution in [3.63, 3.8) is 0 Å². The van der Waals surface area contributed by atoms with Gasteiger partial charge in [0.2, 0.25) is 16.9 Å². The van der Waals surface area contributed by atoms with Crippen LogP contribution in [-0.2, 0) is 0 Å². The zero-order valence-electron chi connectivity index (χ0n) is 12.4. The molecule has 25 heavy (non-hydrogen) atoms. The summed E-state index contributed by atoms with van der Waals surface area (Å²) in [5.74, 6) is -3.57. The van der Waals surface area contributed by atoms with E-state index in [9.17, 15) is 30.3 Å². The maximum absolute atomic E-state index is 12.4. The summed E-state index contributed by atoms with van der Waals surface area (Å²) in [6.45, 7) is 0. The van der Waals surface area contributed by atoms with Crippen molar-refractivity contribution in [1.29, 1.82) is 0 Å². The molecule has 0 atom stereocenters. The number of hydrogen-bond acceptors (Lipinski definition) is 8. The number of benzene rings is 2. The van der Waals surface area contributed by atoms with E-state index in [0.717, 1.165) is 18.2 Å². The Kier molecular flexibility index (Phi) is 3.97. The third-order valence-electron chi connectivity index (χ3n) is 3.49. The average Bonchev–Trinajstić information content (AvgIpc) is 2.56. The van der Waals surface area contributed by atoms with Gasteiger partial charge < -0.3 is 34.7 Å². The Labute approximate surface area is 144 Å². The smallest absolute Gasteiger partial charge is 0.238 e. The molecule has 3 rings (SSSR count). The minimum absolute atomic E-state index is 0.0615. The van der Waals surface area contributed by atoms with Crippen LogP contribution in [0.4, 0.5) is 0 Å². The Hall–Kier alpha value is -3.26. The maximum Gasteiger partial charge on any atom is 0.238 e. The highest BCUT2D eigenvalue weighted by atomic mass is 35.5. The first-order valence-electron chi connectivity index (χ1n) is 6.81. The van der Waals surface area contributed by atoms with E-state index in [1.807, 2.05) is 0 Å². The molecule has 9 heteroatoms. The van der Waals surface area contributed by atoms with Crippen molar-refractivity contribution in [3.8, 4) is 45.8 Å². The number of fused-ring (bicyclic) bond motifs is 1. The van der Waals surface area contributed by atoms with Crippen LogP contribution in [-0.4, -0.2) is 31.6 Å². The van der Waals surface area contributed by atoms with E-state index in [2.05, 4.69) is 0 Å². The summed E-state index contributed by atoms with van der Waals surface area (Å²) in [6, 6.07) is 3.94. The molecular weight excluding hydrogens is 356 g/mol. The minimum atomic E-state index is -0.985. The lowest BCUT2D eigenvalue weighted by Gasteiger charge is -2.12. The summed E-state index contributed by atoms with van der Waals surface area (Å²) in [7, 11) is 0. The van der Waals surface area contributed by atoms with Crippen LogP contribution in [0.25, 0.3) is 22.3 Å². The van der Waals surface area contributed by atoms with Gasteiger partial charge in [0.25, 0.3) is 0 Å². The maximum atomic E-state index is 12.4. The fraction of sp³-hybridized carbons (Fsp3) is 0.0625. The minimum Gasteiger partial charge on any atom is -0.507 e. The van der Waals surface area contributed by atoms with Crippen LogP contribution in [0, 0.1) is 0 Å². The molecule has 0 aliphatic rings. The first-order chi connectivity index (χ1) is 11.8. The van der Waals surface area contributed by atoms with Crippen LogP contribution in [0.5, 0.6) is 34.5 Å². The van der Waals surface area contributed by atoms with Crippen LogP contribution in [0.2, 0.25) is 0 Å². The Morgan fingerprint density at radius 3 is 2.32 bits per heavy atom. The zero-order valence-corrected chi connectivity index (χ0v) is 13.1.